The van der Waals surface area contributed by atoms with Gasteiger partial charge in [-0.15, -0.1) is 0 Å². The van der Waals surface area contributed by atoms with Crippen LogP contribution in [-0.4, -0.2) is 38.0 Å². The van der Waals surface area contributed by atoms with Gasteiger partial charge in [-0.05, 0) is 36.4 Å². The predicted molar refractivity (Wildman–Crippen MR) is 90.7 cm³/mol. The lowest BCUT2D eigenvalue weighted by atomic mass is 10.2. The van der Waals surface area contributed by atoms with E-state index in [1.165, 1.54) is 12.0 Å². The van der Waals surface area contributed by atoms with E-state index in [9.17, 15) is 14.4 Å². The fraction of sp³-hybridized carbons (Fsp3) is 0.167. The lowest BCUT2D eigenvalue weighted by Crippen LogP contribution is -2.44. The maximum absolute atomic E-state index is 12.4. The van der Waals surface area contributed by atoms with Crippen LogP contribution >= 0.6 is 0 Å². The van der Waals surface area contributed by atoms with Crippen molar-refractivity contribution in [3.05, 3.63) is 54.1 Å². The molecule has 0 unspecified atom stereocenters. The van der Waals surface area contributed by atoms with Gasteiger partial charge >= 0.3 is 5.97 Å². The molecule has 0 radical (unpaired) electrons. The maximum Gasteiger partial charge on any atom is 0.338 e. The summed E-state index contributed by atoms with van der Waals surface area (Å²) in [7, 11) is 1.53. The van der Waals surface area contributed by atoms with E-state index in [0.717, 1.165) is 0 Å². The number of methoxy groups -OCH3 is 1. The molecule has 7 nitrogen and oxygen atoms in total. The number of hydrogen-bond donors (Lipinski definition) is 1. The smallest absolute Gasteiger partial charge is 0.338 e. The topological polar surface area (TPSA) is 84.9 Å². The highest BCUT2D eigenvalue weighted by Crippen LogP contribution is 2.28. The molecule has 1 heterocycles. The Morgan fingerprint density at radius 2 is 1.84 bits per heavy atom. The van der Waals surface area contributed by atoms with Crippen LogP contribution in [0, 0.1) is 0 Å². The summed E-state index contributed by atoms with van der Waals surface area (Å²) in [5.74, 6) is -0.771. The van der Waals surface area contributed by atoms with E-state index < -0.39 is 18.5 Å². The summed E-state index contributed by atoms with van der Waals surface area (Å²) in [6, 6.07) is 13.3. The molecule has 25 heavy (non-hydrogen) atoms. The third-order valence-corrected chi connectivity index (χ3v) is 3.72. The van der Waals surface area contributed by atoms with Gasteiger partial charge in [0.25, 0.3) is 5.91 Å². The number of hydrogen-bond acceptors (Lipinski definition) is 5. The van der Waals surface area contributed by atoms with Crippen LogP contribution in [0.4, 0.5) is 11.4 Å². The van der Waals surface area contributed by atoms with Crippen LogP contribution in [0.25, 0.3) is 0 Å². The van der Waals surface area contributed by atoms with E-state index in [1.807, 2.05) is 0 Å². The van der Waals surface area contributed by atoms with Crippen molar-refractivity contribution < 1.29 is 23.9 Å². The number of carbonyl (C=O) groups is 3. The van der Waals surface area contributed by atoms with Crippen LogP contribution in [-0.2, 0) is 14.3 Å². The van der Waals surface area contributed by atoms with Gasteiger partial charge in [0.1, 0.15) is 12.3 Å². The number of amides is 2. The zero-order chi connectivity index (χ0) is 17.8. The summed E-state index contributed by atoms with van der Waals surface area (Å²) in [6.45, 7) is -0.567. The second kappa shape index (κ2) is 7.04. The van der Waals surface area contributed by atoms with Gasteiger partial charge in [0.05, 0.1) is 24.0 Å². The van der Waals surface area contributed by atoms with Gasteiger partial charge in [-0.1, -0.05) is 12.1 Å². The molecule has 0 aliphatic carbocycles. The lowest BCUT2D eigenvalue weighted by molar-refractivity contribution is -0.124. The molecular formula is C18H16N2O5. The van der Waals surface area contributed by atoms with Crippen LogP contribution in [0.1, 0.15) is 10.4 Å². The molecule has 1 aliphatic rings. The minimum absolute atomic E-state index is 0.115. The molecule has 0 spiro atoms. The third kappa shape index (κ3) is 3.60. The first-order valence-electron chi connectivity index (χ1n) is 7.59. The number of carbonyl (C=O) groups excluding carboxylic acids is 3. The van der Waals surface area contributed by atoms with Crippen molar-refractivity contribution in [2.75, 3.05) is 30.5 Å². The van der Waals surface area contributed by atoms with Crippen molar-refractivity contribution in [3.63, 3.8) is 0 Å². The monoisotopic (exact) mass is 340 g/mol. The number of esters is 1. The zero-order valence-corrected chi connectivity index (χ0v) is 13.5. The van der Waals surface area contributed by atoms with Crippen molar-refractivity contribution in [3.8, 4) is 5.75 Å². The lowest BCUT2D eigenvalue weighted by Gasteiger charge is -2.28. The number of fused-ring (bicyclic) bond motifs is 1. The van der Waals surface area contributed by atoms with Gasteiger partial charge in [-0.3, -0.25) is 14.5 Å². The minimum Gasteiger partial charge on any atom is -0.497 e. The fourth-order valence-corrected chi connectivity index (χ4v) is 2.47. The van der Waals surface area contributed by atoms with Crippen LogP contribution in [0.2, 0.25) is 0 Å². The highest BCUT2D eigenvalue weighted by Gasteiger charge is 2.27. The summed E-state index contributed by atoms with van der Waals surface area (Å²) in [4.78, 5) is 37.5. The number of nitrogens with one attached hydrogen (secondary N) is 1. The summed E-state index contributed by atoms with van der Waals surface area (Å²) in [5, 5.41) is 2.69. The van der Waals surface area contributed by atoms with Crippen molar-refractivity contribution >= 4 is 29.2 Å². The molecule has 0 aromatic heterocycles. The first kappa shape index (κ1) is 16.5. The van der Waals surface area contributed by atoms with Gasteiger partial charge in [0.15, 0.2) is 6.61 Å². The number of benzene rings is 2. The molecule has 0 fully saturated rings. The predicted octanol–water partition coefficient (Wildman–Crippen LogP) is 1.84. The molecule has 1 aliphatic heterocycles. The maximum atomic E-state index is 12.4. The molecule has 1 N–H and O–H groups in total. The largest absolute Gasteiger partial charge is 0.497 e. The molecule has 2 amide bonds. The number of anilines is 2. The molecule has 2 aromatic rings. The summed E-state index contributed by atoms with van der Waals surface area (Å²) < 4.78 is 10.1. The van der Waals surface area contributed by atoms with Gasteiger partial charge < -0.3 is 14.8 Å². The van der Waals surface area contributed by atoms with Gasteiger partial charge in [-0.25, -0.2) is 4.79 Å². The van der Waals surface area contributed by atoms with E-state index >= 15 is 0 Å². The van der Waals surface area contributed by atoms with E-state index in [-0.39, 0.29) is 12.5 Å². The minimum atomic E-state index is -0.620. The Balaban J connectivity index is 1.66. The average Bonchev–Trinajstić information content (AvgIpc) is 2.65. The molecule has 7 heteroatoms. The van der Waals surface area contributed by atoms with Crippen LogP contribution < -0.4 is 15.0 Å². The Hall–Kier alpha value is -3.35. The van der Waals surface area contributed by atoms with Crippen molar-refractivity contribution in [1.29, 1.82) is 0 Å². The van der Waals surface area contributed by atoms with E-state index in [1.54, 1.807) is 48.5 Å². The first-order valence-corrected chi connectivity index (χ1v) is 7.59. The van der Waals surface area contributed by atoms with Gasteiger partial charge in [0.2, 0.25) is 5.91 Å². The standard InChI is InChI=1S/C18H16N2O5/c1-24-13-8-6-12(7-9-13)18(23)25-11-17(22)20-10-16(21)19-14-4-2-3-5-15(14)20/h2-9H,10-11H2,1H3,(H,19,21). The molecular weight excluding hydrogens is 324 g/mol. The Bertz CT molecular complexity index is 816. The Kier molecular flexibility index (Phi) is 4.65. The van der Waals surface area contributed by atoms with Gasteiger partial charge in [-0.2, -0.15) is 0 Å². The van der Waals surface area contributed by atoms with E-state index in [0.29, 0.717) is 22.7 Å². The summed E-state index contributed by atoms with van der Waals surface area (Å²) in [6.07, 6.45) is 0. The van der Waals surface area contributed by atoms with Crippen molar-refractivity contribution in [1.82, 2.24) is 0 Å². The highest BCUT2D eigenvalue weighted by atomic mass is 16.5. The quantitative estimate of drug-likeness (QED) is 0.859. The van der Waals surface area contributed by atoms with Crippen molar-refractivity contribution in [2.24, 2.45) is 0 Å². The summed E-state index contributed by atoms with van der Waals surface area (Å²) in [5.41, 5.74) is 1.44. The molecule has 0 bridgehead atoms. The van der Waals surface area contributed by atoms with Crippen LogP contribution in [0.3, 0.4) is 0 Å². The van der Waals surface area contributed by atoms with Gasteiger partial charge in [0, 0.05) is 0 Å². The fourth-order valence-electron chi connectivity index (χ4n) is 2.47. The Labute approximate surface area is 144 Å². The number of rotatable bonds is 4. The molecule has 3 rings (SSSR count). The van der Waals surface area contributed by atoms with Crippen LogP contribution in [0.5, 0.6) is 5.75 Å². The number of nitrogens with zero attached hydrogens (tertiary/aromatic N) is 1. The molecule has 128 valence electrons. The Morgan fingerprint density at radius 1 is 1.12 bits per heavy atom. The van der Waals surface area contributed by atoms with E-state index in [4.69, 9.17) is 9.47 Å². The number of ether oxygens (including phenoxy) is 2. The van der Waals surface area contributed by atoms with Crippen molar-refractivity contribution in [2.45, 2.75) is 0 Å². The molecule has 0 saturated carbocycles. The average molecular weight is 340 g/mol. The Morgan fingerprint density at radius 3 is 2.56 bits per heavy atom. The highest BCUT2D eigenvalue weighted by molar-refractivity contribution is 6.10. The third-order valence-electron chi connectivity index (χ3n) is 3.72. The molecule has 2 aromatic carbocycles. The first-order chi connectivity index (χ1) is 12.1. The summed E-state index contributed by atoms with van der Waals surface area (Å²) >= 11 is 0. The normalized spacial score (nSPS) is 12.8. The van der Waals surface area contributed by atoms with Crippen LogP contribution in [0.15, 0.2) is 48.5 Å². The second-order valence-electron chi connectivity index (χ2n) is 5.35. The second-order valence-corrected chi connectivity index (χ2v) is 5.35. The van der Waals surface area contributed by atoms with E-state index in [2.05, 4.69) is 5.32 Å². The molecule has 0 saturated heterocycles. The number of para-hydroxylation sites is 2. The zero-order valence-electron chi connectivity index (χ0n) is 13.5. The SMILES string of the molecule is COc1ccc(C(=O)OCC(=O)N2CC(=O)Nc3ccccc32)cc1. The molecule has 0 atom stereocenters.